The summed E-state index contributed by atoms with van der Waals surface area (Å²) in [5, 5.41) is 0. The Bertz CT molecular complexity index is 467. The number of benzene rings is 1. The molecule has 1 aromatic rings. The lowest BCUT2D eigenvalue weighted by Crippen LogP contribution is -2.41. The second-order valence-electron chi connectivity index (χ2n) is 6.24. The highest BCUT2D eigenvalue weighted by atomic mass is 16.7. The van der Waals surface area contributed by atoms with Crippen molar-refractivity contribution in [2.75, 3.05) is 6.61 Å². The molecule has 4 heteroatoms. The summed E-state index contributed by atoms with van der Waals surface area (Å²) < 4.78 is 17.8. The summed E-state index contributed by atoms with van der Waals surface area (Å²) in [4.78, 5) is 0. The molecule has 0 unspecified atom stereocenters. The van der Waals surface area contributed by atoms with Crippen molar-refractivity contribution in [3.8, 4) is 5.75 Å². The third kappa shape index (κ3) is 2.72. The van der Waals surface area contributed by atoms with Crippen LogP contribution in [-0.2, 0) is 15.7 Å². The smallest absolute Gasteiger partial charge is 0.494 e. The minimum absolute atomic E-state index is 0.303. The van der Waals surface area contributed by atoms with Crippen LogP contribution in [0.5, 0.6) is 5.75 Å². The number of aryl methyl sites for hydroxylation is 1. The monoisotopic (exact) mass is 276 g/mol. The van der Waals surface area contributed by atoms with Crippen LogP contribution in [0.2, 0.25) is 0 Å². The van der Waals surface area contributed by atoms with Gasteiger partial charge < -0.3 is 14.0 Å². The topological polar surface area (TPSA) is 27.7 Å². The van der Waals surface area contributed by atoms with Gasteiger partial charge >= 0.3 is 7.12 Å². The van der Waals surface area contributed by atoms with Gasteiger partial charge in [0.1, 0.15) is 5.75 Å². The van der Waals surface area contributed by atoms with Crippen molar-refractivity contribution in [3.63, 3.8) is 0 Å². The summed E-state index contributed by atoms with van der Waals surface area (Å²) >= 11 is 0. The third-order valence-electron chi connectivity index (χ3n) is 4.29. The number of ether oxygens (including phenoxy) is 1. The predicted octanol–water partition coefficient (Wildman–Crippen LogP) is 2.95. The Balaban J connectivity index is 2.27. The molecule has 1 saturated heterocycles. The average molecular weight is 276 g/mol. The Morgan fingerprint density at radius 2 is 1.65 bits per heavy atom. The maximum absolute atomic E-state index is 6.09. The fourth-order valence-electron chi connectivity index (χ4n) is 2.30. The molecular formula is C16H25BO3. The molecule has 0 aromatic heterocycles. The van der Waals surface area contributed by atoms with E-state index in [1.807, 2.05) is 19.1 Å². The lowest BCUT2D eigenvalue weighted by atomic mass is 9.78. The molecule has 0 N–H and O–H groups in total. The van der Waals surface area contributed by atoms with Gasteiger partial charge in [0.2, 0.25) is 0 Å². The van der Waals surface area contributed by atoms with Crippen LogP contribution in [0, 0.1) is 0 Å². The standard InChI is InChI=1S/C16H25BO3/c1-7-12-11-13(9-10-14(12)18-8-2)17-19-15(3,4)16(5,6)20-17/h9-11H,7-8H2,1-6H3. The molecule has 1 heterocycles. The Hall–Kier alpha value is -0.995. The first-order valence-corrected chi connectivity index (χ1v) is 7.42. The molecule has 0 radical (unpaired) electrons. The zero-order chi connectivity index (χ0) is 15.0. The van der Waals surface area contributed by atoms with Crippen LogP contribution >= 0.6 is 0 Å². The first kappa shape index (κ1) is 15.4. The zero-order valence-corrected chi connectivity index (χ0v) is 13.4. The summed E-state index contributed by atoms with van der Waals surface area (Å²) in [5.41, 5.74) is 1.65. The van der Waals surface area contributed by atoms with Gasteiger partial charge in [-0.2, -0.15) is 0 Å². The molecule has 0 amide bonds. The molecule has 20 heavy (non-hydrogen) atoms. The van der Waals surface area contributed by atoms with Crippen molar-refractivity contribution < 1.29 is 14.0 Å². The second-order valence-corrected chi connectivity index (χ2v) is 6.24. The van der Waals surface area contributed by atoms with Gasteiger partial charge in [-0.1, -0.05) is 19.1 Å². The van der Waals surface area contributed by atoms with Gasteiger partial charge in [0.25, 0.3) is 0 Å². The maximum Gasteiger partial charge on any atom is 0.494 e. The fraction of sp³-hybridized carbons (Fsp3) is 0.625. The normalized spacial score (nSPS) is 20.2. The highest BCUT2D eigenvalue weighted by Crippen LogP contribution is 2.36. The Labute approximate surface area is 122 Å². The molecule has 1 aliphatic heterocycles. The number of hydrogen-bond acceptors (Lipinski definition) is 3. The molecule has 2 rings (SSSR count). The minimum Gasteiger partial charge on any atom is -0.494 e. The van der Waals surface area contributed by atoms with Crippen LogP contribution < -0.4 is 10.2 Å². The van der Waals surface area contributed by atoms with Gasteiger partial charge in [-0.25, -0.2) is 0 Å². The summed E-state index contributed by atoms with van der Waals surface area (Å²) in [5.74, 6) is 0.954. The molecule has 0 spiro atoms. The zero-order valence-electron chi connectivity index (χ0n) is 13.4. The molecule has 0 bridgehead atoms. The first-order valence-electron chi connectivity index (χ1n) is 7.42. The van der Waals surface area contributed by atoms with Crippen molar-refractivity contribution in [3.05, 3.63) is 23.8 Å². The van der Waals surface area contributed by atoms with Crippen LogP contribution in [0.25, 0.3) is 0 Å². The molecule has 0 aliphatic carbocycles. The van der Waals surface area contributed by atoms with Gasteiger partial charge in [-0.3, -0.25) is 0 Å². The van der Waals surface area contributed by atoms with Crippen LogP contribution in [-0.4, -0.2) is 24.9 Å². The number of rotatable bonds is 4. The first-order chi connectivity index (χ1) is 9.30. The molecule has 1 fully saturated rings. The van der Waals surface area contributed by atoms with E-state index in [9.17, 15) is 0 Å². The van der Waals surface area contributed by atoms with Crippen molar-refractivity contribution in [2.24, 2.45) is 0 Å². The molecule has 3 nitrogen and oxygen atoms in total. The van der Waals surface area contributed by atoms with Gasteiger partial charge in [0, 0.05) is 0 Å². The van der Waals surface area contributed by atoms with E-state index in [1.165, 1.54) is 5.56 Å². The molecule has 110 valence electrons. The lowest BCUT2D eigenvalue weighted by molar-refractivity contribution is 0.00578. The molecule has 0 atom stereocenters. The molecular weight excluding hydrogens is 251 g/mol. The average Bonchev–Trinajstić information content (AvgIpc) is 2.59. The SMILES string of the molecule is CCOc1ccc(B2OC(C)(C)C(C)(C)O2)cc1CC. The molecule has 1 aromatic carbocycles. The third-order valence-corrected chi connectivity index (χ3v) is 4.29. The molecule has 1 aliphatic rings. The van der Waals surface area contributed by atoms with Crippen molar-refractivity contribution in [2.45, 2.75) is 59.2 Å². The van der Waals surface area contributed by atoms with Crippen molar-refractivity contribution in [1.82, 2.24) is 0 Å². The summed E-state index contributed by atoms with van der Waals surface area (Å²) in [6.07, 6.45) is 0.933. The van der Waals surface area contributed by atoms with Gasteiger partial charge in [0.15, 0.2) is 0 Å². The summed E-state index contributed by atoms with van der Waals surface area (Å²) in [7, 11) is -0.305. The Morgan fingerprint density at radius 1 is 1.05 bits per heavy atom. The number of hydrogen-bond donors (Lipinski definition) is 0. The van der Waals surface area contributed by atoms with Crippen molar-refractivity contribution in [1.29, 1.82) is 0 Å². The van der Waals surface area contributed by atoms with E-state index >= 15 is 0 Å². The van der Waals surface area contributed by atoms with Crippen molar-refractivity contribution >= 4 is 12.6 Å². The van der Waals surface area contributed by atoms with Gasteiger partial charge in [-0.15, -0.1) is 0 Å². The highest BCUT2D eigenvalue weighted by Gasteiger charge is 2.51. The predicted molar refractivity (Wildman–Crippen MR) is 82.7 cm³/mol. The minimum atomic E-state index is -0.305. The van der Waals surface area contributed by atoms with E-state index in [4.69, 9.17) is 14.0 Å². The van der Waals surface area contributed by atoms with E-state index in [1.54, 1.807) is 0 Å². The van der Waals surface area contributed by atoms with E-state index in [2.05, 4.69) is 40.7 Å². The van der Waals surface area contributed by atoms with Crippen LogP contribution in [0.4, 0.5) is 0 Å². The van der Waals surface area contributed by atoms with Gasteiger partial charge in [0.05, 0.1) is 17.8 Å². The van der Waals surface area contributed by atoms with E-state index in [0.717, 1.165) is 17.6 Å². The van der Waals surface area contributed by atoms with Gasteiger partial charge in [-0.05, 0) is 58.1 Å². The van der Waals surface area contributed by atoms with E-state index in [0.29, 0.717) is 6.61 Å². The van der Waals surface area contributed by atoms with Crippen LogP contribution in [0.1, 0.15) is 47.1 Å². The second kappa shape index (κ2) is 5.42. The van der Waals surface area contributed by atoms with Crippen LogP contribution in [0.3, 0.4) is 0 Å². The Morgan fingerprint density at radius 3 is 2.15 bits per heavy atom. The lowest BCUT2D eigenvalue weighted by Gasteiger charge is -2.32. The summed E-state index contributed by atoms with van der Waals surface area (Å²) in [6.45, 7) is 13.1. The van der Waals surface area contributed by atoms with E-state index in [-0.39, 0.29) is 18.3 Å². The van der Waals surface area contributed by atoms with E-state index < -0.39 is 0 Å². The summed E-state index contributed by atoms with van der Waals surface area (Å²) in [6, 6.07) is 6.18. The largest absolute Gasteiger partial charge is 0.494 e. The maximum atomic E-state index is 6.09. The fourth-order valence-corrected chi connectivity index (χ4v) is 2.30. The molecule has 0 saturated carbocycles. The Kier molecular flexibility index (Phi) is 4.17. The quantitative estimate of drug-likeness (QED) is 0.791. The van der Waals surface area contributed by atoms with Crippen LogP contribution in [0.15, 0.2) is 18.2 Å². The highest BCUT2D eigenvalue weighted by molar-refractivity contribution is 6.62.